The van der Waals surface area contributed by atoms with Crippen molar-refractivity contribution >= 4 is 34.3 Å². The molecule has 0 saturated heterocycles. The first-order chi connectivity index (χ1) is 11.8. The predicted octanol–water partition coefficient (Wildman–Crippen LogP) is 6.28. The van der Waals surface area contributed by atoms with Crippen molar-refractivity contribution in [3.05, 3.63) is 62.6 Å². The van der Waals surface area contributed by atoms with Crippen LogP contribution < -0.4 is 0 Å². The van der Waals surface area contributed by atoms with Gasteiger partial charge in [0, 0.05) is 15.8 Å². The molecule has 2 heterocycles. The molecule has 2 aromatic heterocycles. The van der Waals surface area contributed by atoms with Gasteiger partial charge in [0.05, 0.1) is 11.3 Å². The van der Waals surface area contributed by atoms with E-state index in [4.69, 9.17) is 0 Å². The Hall–Kier alpha value is -2.22. The summed E-state index contributed by atoms with van der Waals surface area (Å²) in [6, 6.07) is 14.9. The van der Waals surface area contributed by atoms with E-state index >= 15 is 0 Å². The summed E-state index contributed by atoms with van der Waals surface area (Å²) in [7, 11) is 0. The number of benzene rings is 1. The average Bonchev–Trinajstić information content (AvgIpc) is 3.30. The quantitative estimate of drug-likeness (QED) is 0.491. The maximum absolute atomic E-state index is 9.43. The van der Waals surface area contributed by atoms with E-state index in [1.54, 1.807) is 11.3 Å². The summed E-state index contributed by atoms with van der Waals surface area (Å²) in [4.78, 5) is 5.73. The van der Waals surface area contributed by atoms with E-state index in [-0.39, 0.29) is 0 Å². The maximum Gasteiger partial charge on any atom is 0.134 e. The molecule has 0 amide bonds. The number of rotatable bonds is 6. The van der Waals surface area contributed by atoms with E-state index < -0.39 is 0 Å². The van der Waals surface area contributed by atoms with Crippen molar-refractivity contribution in [3.63, 3.8) is 0 Å². The zero-order chi connectivity index (χ0) is 16.8. The number of thiazole rings is 1. The Balaban J connectivity index is 1.81. The number of thiophene rings is 1. The Morgan fingerprint density at radius 2 is 2.04 bits per heavy atom. The van der Waals surface area contributed by atoms with Crippen molar-refractivity contribution in [1.82, 2.24) is 4.98 Å². The Morgan fingerprint density at radius 3 is 2.71 bits per heavy atom. The van der Waals surface area contributed by atoms with Gasteiger partial charge in [-0.3, -0.25) is 0 Å². The highest BCUT2D eigenvalue weighted by Crippen LogP contribution is 2.28. The lowest BCUT2D eigenvalue weighted by molar-refractivity contribution is 0.795. The zero-order valence-corrected chi connectivity index (χ0v) is 15.2. The molecule has 0 unspecified atom stereocenters. The molecule has 0 N–H and O–H groups in total. The van der Waals surface area contributed by atoms with Gasteiger partial charge in [0.1, 0.15) is 11.1 Å². The van der Waals surface area contributed by atoms with Crippen LogP contribution in [0.1, 0.15) is 35.2 Å². The summed E-state index contributed by atoms with van der Waals surface area (Å²) in [6.07, 6.45) is 5.46. The van der Waals surface area contributed by atoms with Crippen molar-refractivity contribution < 1.29 is 0 Å². The first-order valence-corrected chi connectivity index (χ1v) is 9.76. The van der Waals surface area contributed by atoms with Crippen LogP contribution in [0.25, 0.3) is 22.9 Å². The molecule has 0 fully saturated rings. The van der Waals surface area contributed by atoms with Gasteiger partial charge in [0.15, 0.2) is 0 Å². The third kappa shape index (κ3) is 4.00. The van der Waals surface area contributed by atoms with E-state index in [1.165, 1.54) is 29.7 Å². The third-order valence-corrected chi connectivity index (χ3v) is 5.45. The highest BCUT2D eigenvalue weighted by Gasteiger charge is 2.09. The molecule has 0 aliphatic carbocycles. The molecule has 0 bridgehead atoms. The van der Waals surface area contributed by atoms with Gasteiger partial charge in [0.2, 0.25) is 0 Å². The van der Waals surface area contributed by atoms with Crippen LogP contribution in [0.15, 0.2) is 47.2 Å². The van der Waals surface area contributed by atoms with Gasteiger partial charge in [-0.05, 0) is 35.9 Å². The number of nitrogens with zero attached hydrogens (tertiary/aromatic N) is 2. The molecular weight excluding hydrogens is 332 g/mol. The van der Waals surface area contributed by atoms with Crippen LogP contribution in [0.4, 0.5) is 0 Å². The van der Waals surface area contributed by atoms with E-state index in [1.807, 2.05) is 29.0 Å². The summed E-state index contributed by atoms with van der Waals surface area (Å²) >= 11 is 3.14. The SMILES string of the molecule is CCCCc1ccc(-c2csc(C(C#N)=Cc3cccs3)n2)cc1. The van der Waals surface area contributed by atoms with Crippen LogP contribution in [0.5, 0.6) is 0 Å². The molecule has 0 spiro atoms. The van der Waals surface area contributed by atoms with Crippen LogP contribution in [0.3, 0.4) is 0 Å². The van der Waals surface area contributed by atoms with Crippen LogP contribution >= 0.6 is 22.7 Å². The highest BCUT2D eigenvalue weighted by molar-refractivity contribution is 7.12. The van der Waals surface area contributed by atoms with Crippen LogP contribution in [0.2, 0.25) is 0 Å². The van der Waals surface area contributed by atoms with Gasteiger partial charge >= 0.3 is 0 Å². The van der Waals surface area contributed by atoms with Crippen LogP contribution in [0, 0.1) is 11.3 Å². The maximum atomic E-state index is 9.43. The van der Waals surface area contributed by atoms with E-state index in [0.29, 0.717) is 5.57 Å². The fourth-order valence-corrected chi connectivity index (χ4v) is 3.86. The summed E-state index contributed by atoms with van der Waals surface area (Å²) in [5, 5.41) is 14.2. The Labute approximate surface area is 150 Å². The first kappa shape index (κ1) is 16.6. The van der Waals surface area contributed by atoms with Crippen LogP contribution in [-0.4, -0.2) is 4.98 Å². The fourth-order valence-electron chi connectivity index (χ4n) is 2.41. The molecule has 0 atom stereocenters. The lowest BCUT2D eigenvalue weighted by atomic mass is 10.1. The minimum absolute atomic E-state index is 0.619. The minimum Gasteiger partial charge on any atom is -0.235 e. The smallest absolute Gasteiger partial charge is 0.134 e. The Morgan fingerprint density at radius 1 is 1.21 bits per heavy atom. The molecule has 3 aromatic rings. The number of aromatic nitrogens is 1. The number of hydrogen-bond donors (Lipinski definition) is 0. The Kier molecular flexibility index (Phi) is 5.58. The van der Waals surface area contributed by atoms with Gasteiger partial charge in [-0.1, -0.05) is 43.7 Å². The third-order valence-electron chi connectivity index (χ3n) is 3.75. The zero-order valence-electron chi connectivity index (χ0n) is 13.5. The molecular formula is C20H18N2S2. The van der Waals surface area contributed by atoms with Gasteiger partial charge in [-0.2, -0.15) is 5.26 Å². The summed E-state index contributed by atoms with van der Waals surface area (Å²) in [5.41, 5.74) is 4.02. The second-order valence-electron chi connectivity index (χ2n) is 5.52. The Bertz CT molecular complexity index is 850. The second kappa shape index (κ2) is 8.05. The van der Waals surface area contributed by atoms with Crippen molar-refractivity contribution in [3.8, 4) is 17.3 Å². The van der Waals surface area contributed by atoms with E-state index in [0.717, 1.165) is 27.6 Å². The molecule has 24 heavy (non-hydrogen) atoms. The molecule has 0 aliphatic heterocycles. The van der Waals surface area contributed by atoms with Crippen molar-refractivity contribution in [2.45, 2.75) is 26.2 Å². The average molecular weight is 351 g/mol. The fraction of sp³-hybridized carbons (Fsp3) is 0.200. The summed E-state index contributed by atoms with van der Waals surface area (Å²) < 4.78 is 0. The molecule has 3 rings (SSSR count). The van der Waals surface area contributed by atoms with Crippen molar-refractivity contribution in [1.29, 1.82) is 5.26 Å². The molecule has 0 radical (unpaired) electrons. The van der Waals surface area contributed by atoms with E-state index in [9.17, 15) is 5.26 Å². The second-order valence-corrected chi connectivity index (χ2v) is 7.36. The largest absolute Gasteiger partial charge is 0.235 e. The molecule has 0 saturated carbocycles. The molecule has 0 aliphatic rings. The monoisotopic (exact) mass is 350 g/mol. The summed E-state index contributed by atoms with van der Waals surface area (Å²) in [5.74, 6) is 0. The van der Waals surface area contributed by atoms with Gasteiger partial charge in [-0.15, -0.1) is 22.7 Å². The van der Waals surface area contributed by atoms with Crippen molar-refractivity contribution in [2.75, 3.05) is 0 Å². The predicted molar refractivity (Wildman–Crippen MR) is 104 cm³/mol. The lowest BCUT2D eigenvalue weighted by Gasteiger charge is -2.01. The highest BCUT2D eigenvalue weighted by atomic mass is 32.1. The number of hydrogen-bond acceptors (Lipinski definition) is 4. The topological polar surface area (TPSA) is 36.7 Å². The number of unbranched alkanes of at least 4 members (excludes halogenated alkanes) is 1. The molecule has 1 aromatic carbocycles. The first-order valence-electron chi connectivity index (χ1n) is 8.00. The van der Waals surface area contributed by atoms with E-state index in [2.05, 4.69) is 42.2 Å². The van der Waals surface area contributed by atoms with Gasteiger partial charge in [-0.25, -0.2) is 4.98 Å². The van der Waals surface area contributed by atoms with Crippen LogP contribution in [-0.2, 0) is 6.42 Å². The lowest BCUT2D eigenvalue weighted by Crippen LogP contribution is -1.86. The summed E-state index contributed by atoms with van der Waals surface area (Å²) in [6.45, 7) is 2.21. The number of nitriles is 1. The van der Waals surface area contributed by atoms with Gasteiger partial charge in [0.25, 0.3) is 0 Å². The van der Waals surface area contributed by atoms with Gasteiger partial charge < -0.3 is 0 Å². The minimum atomic E-state index is 0.619. The molecule has 4 heteroatoms. The number of allylic oxidation sites excluding steroid dienone is 1. The molecule has 2 nitrogen and oxygen atoms in total. The van der Waals surface area contributed by atoms with Crippen molar-refractivity contribution in [2.24, 2.45) is 0 Å². The molecule has 120 valence electrons. The normalized spacial score (nSPS) is 11.4. The number of aryl methyl sites for hydroxylation is 1. The standard InChI is InChI=1S/C20H18N2S2/c1-2-3-5-15-7-9-16(10-8-15)19-14-24-20(22-19)17(13-21)12-18-6-4-11-23-18/h4,6-12,14H,2-3,5H2,1H3.